The number of likely N-dealkylation sites (N-methyl/N-ethyl adjacent to an activating group) is 1. The zero-order valence-electron chi connectivity index (χ0n) is 13.6. The van der Waals surface area contributed by atoms with Gasteiger partial charge >= 0.3 is 0 Å². The van der Waals surface area contributed by atoms with Gasteiger partial charge in [-0.1, -0.05) is 23.2 Å². The number of aromatic nitrogens is 4. The number of hydrogen-bond acceptors (Lipinski definition) is 6. The number of rotatable bonds is 3. The summed E-state index contributed by atoms with van der Waals surface area (Å²) in [5, 5.41) is 12.0. The number of hydrogen-bond donors (Lipinski definition) is 2. The summed E-state index contributed by atoms with van der Waals surface area (Å²) < 4.78 is 0. The highest BCUT2D eigenvalue weighted by atomic mass is 35.5. The molecule has 9 heteroatoms. The molecule has 0 unspecified atom stereocenters. The Kier molecular flexibility index (Phi) is 4.37. The van der Waals surface area contributed by atoms with Crippen LogP contribution < -0.4 is 10.2 Å². The SMILES string of the molecule is CN1CCN(c2c(Cl)cc(Nc3ncc4cn[nH]c4n3)cc2Cl)CC1. The van der Waals surface area contributed by atoms with Crippen LogP contribution >= 0.6 is 23.2 Å². The van der Waals surface area contributed by atoms with Gasteiger partial charge < -0.3 is 15.1 Å². The van der Waals surface area contributed by atoms with E-state index < -0.39 is 0 Å². The number of fused-ring (bicyclic) bond motifs is 1. The van der Waals surface area contributed by atoms with Crippen molar-refractivity contribution in [2.24, 2.45) is 0 Å². The maximum atomic E-state index is 6.51. The Morgan fingerprint density at radius 3 is 2.52 bits per heavy atom. The Morgan fingerprint density at radius 1 is 1.08 bits per heavy atom. The first kappa shape index (κ1) is 16.4. The van der Waals surface area contributed by atoms with Gasteiger partial charge in [0.25, 0.3) is 0 Å². The van der Waals surface area contributed by atoms with E-state index in [4.69, 9.17) is 23.2 Å². The van der Waals surface area contributed by atoms with E-state index in [1.54, 1.807) is 12.4 Å². The van der Waals surface area contributed by atoms with Crippen LogP contribution in [-0.2, 0) is 0 Å². The van der Waals surface area contributed by atoms with Gasteiger partial charge in [0.2, 0.25) is 5.95 Å². The van der Waals surface area contributed by atoms with E-state index in [1.165, 1.54) is 0 Å². The molecule has 2 aromatic heterocycles. The molecule has 0 spiro atoms. The van der Waals surface area contributed by atoms with Crippen molar-refractivity contribution in [2.45, 2.75) is 0 Å². The number of piperazine rings is 1. The van der Waals surface area contributed by atoms with Crippen LogP contribution in [0.4, 0.5) is 17.3 Å². The number of nitrogens with zero attached hydrogens (tertiary/aromatic N) is 5. The molecule has 1 saturated heterocycles. The van der Waals surface area contributed by atoms with Gasteiger partial charge in [0.1, 0.15) is 0 Å². The number of nitrogens with one attached hydrogen (secondary N) is 2. The Balaban J connectivity index is 1.58. The van der Waals surface area contributed by atoms with Crippen LogP contribution in [0.25, 0.3) is 11.0 Å². The van der Waals surface area contributed by atoms with Crippen molar-refractivity contribution in [2.75, 3.05) is 43.4 Å². The number of halogens is 2. The highest BCUT2D eigenvalue weighted by Gasteiger charge is 2.20. The van der Waals surface area contributed by atoms with Crippen LogP contribution in [0.3, 0.4) is 0 Å². The highest BCUT2D eigenvalue weighted by Crippen LogP contribution is 2.37. The van der Waals surface area contributed by atoms with Gasteiger partial charge in [-0.2, -0.15) is 10.1 Å². The smallest absolute Gasteiger partial charge is 0.229 e. The second-order valence-corrected chi connectivity index (χ2v) is 6.89. The molecule has 0 bridgehead atoms. The average Bonchev–Trinajstić information content (AvgIpc) is 3.04. The molecule has 4 rings (SSSR count). The largest absolute Gasteiger partial charge is 0.367 e. The first-order valence-corrected chi connectivity index (χ1v) is 8.71. The van der Waals surface area contributed by atoms with E-state index in [2.05, 4.69) is 42.3 Å². The first-order valence-electron chi connectivity index (χ1n) is 7.96. The minimum Gasteiger partial charge on any atom is -0.367 e. The quantitative estimate of drug-likeness (QED) is 0.730. The predicted molar refractivity (Wildman–Crippen MR) is 101 cm³/mol. The third-order valence-corrected chi connectivity index (χ3v) is 4.86. The lowest BCUT2D eigenvalue weighted by atomic mass is 10.2. The maximum Gasteiger partial charge on any atom is 0.229 e. The summed E-state index contributed by atoms with van der Waals surface area (Å²) in [6, 6.07) is 3.70. The zero-order chi connectivity index (χ0) is 17.4. The molecule has 3 heterocycles. The van der Waals surface area contributed by atoms with Gasteiger partial charge in [-0.25, -0.2) is 4.98 Å². The van der Waals surface area contributed by atoms with Crippen LogP contribution in [0, 0.1) is 0 Å². The van der Waals surface area contributed by atoms with Crippen molar-refractivity contribution >= 4 is 51.6 Å². The summed E-state index contributed by atoms with van der Waals surface area (Å²) in [7, 11) is 2.12. The molecule has 0 saturated carbocycles. The maximum absolute atomic E-state index is 6.51. The highest BCUT2D eigenvalue weighted by molar-refractivity contribution is 6.39. The summed E-state index contributed by atoms with van der Waals surface area (Å²) >= 11 is 13.0. The topological polar surface area (TPSA) is 73.0 Å². The van der Waals surface area contributed by atoms with Crippen molar-refractivity contribution in [3.8, 4) is 0 Å². The molecule has 1 fully saturated rings. The van der Waals surface area contributed by atoms with Crippen LogP contribution in [0.2, 0.25) is 10.0 Å². The Bertz CT molecular complexity index is 879. The van der Waals surface area contributed by atoms with Crippen molar-refractivity contribution < 1.29 is 0 Å². The minimum atomic E-state index is 0.455. The van der Waals surface area contributed by atoms with E-state index in [0.29, 0.717) is 21.6 Å². The Morgan fingerprint density at radius 2 is 1.80 bits per heavy atom. The van der Waals surface area contributed by atoms with E-state index in [-0.39, 0.29) is 0 Å². The minimum absolute atomic E-state index is 0.455. The van der Waals surface area contributed by atoms with Crippen molar-refractivity contribution in [1.29, 1.82) is 0 Å². The number of anilines is 3. The molecule has 0 amide bonds. The van der Waals surface area contributed by atoms with Gasteiger partial charge in [0, 0.05) is 38.1 Å². The normalized spacial score (nSPS) is 15.7. The van der Waals surface area contributed by atoms with E-state index >= 15 is 0 Å². The molecule has 25 heavy (non-hydrogen) atoms. The average molecular weight is 378 g/mol. The summed E-state index contributed by atoms with van der Waals surface area (Å²) in [5.41, 5.74) is 2.29. The standard InChI is InChI=1S/C16H17Cl2N7/c1-24-2-4-25(5-3-24)14-12(17)6-11(7-13(14)18)21-16-19-8-10-9-20-23-15(10)22-16/h6-9H,2-5H2,1H3,(H2,19,20,21,22,23). The van der Waals surface area contributed by atoms with Crippen LogP contribution in [0.1, 0.15) is 0 Å². The Labute approximate surface area is 155 Å². The molecule has 130 valence electrons. The van der Waals surface area contributed by atoms with Crippen LogP contribution in [0.15, 0.2) is 24.5 Å². The summed E-state index contributed by atoms with van der Waals surface area (Å²) in [6.45, 7) is 3.79. The third-order valence-electron chi connectivity index (χ3n) is 4.28. The van der Waals surface area contributed by atoms with Crippen molar-refractivity contribution in [3.63, 3.8) is 0 Å². The zero-order valence-corrected chi connectivity index (χ0v) is 15.1. The molecule has 3 aromatic rings. The molecule has 7 nitrogen and oxygen atoms in total. The molecule has 0 aliphatic carbocycles. The predicted octanol–water partition coefficient (Wildman–Crippen LogP) is 3.16. The second kappa shape index (κ2) is 6.67. The van der Waals surface area contributed by atoms with Crippen molar-refractivity contribution in [3.05, 3.63) is 34.6 Å². The van der Waals surface area contributed by atoms with Gasteiger partial charge in [0.05, 0.1) is 27.3 Å². The molecule has 1 aliphatic heterocycles. The summed E-state index contributed by atoms with van der Waals surface area (Å²) in [5.74, 6) is 0.455. The molecule has 0 radical (unpaired) electrons. The monoisotopic (exact) mass is 377 g/mol. The molecule has 1 aromatic carbocycles. The summed E-state index contributed by atoms with van der Waals surface area (Å²) in [4.78, 5) is 13.2. The summed E-state index contributed by atoms with van der Waals surface area (Å²) in [6.07, 6.45) is 3.38. The molecule has 0 atom stereocenters. The fourth-order valence-corrected chi connectivity index (χ4v) is 3.62. The number of aromatic amines is 1. The van der Waals surface area contributed by atoms with Crippen LogP contribution in [-0.4, -0.2) is 58.3 Å². The second-order valence-electron chi connectivity index (χ2n) is 6.07. The lowest BCUT2D eigenvalue weighted by molar-refractivity contribution is 0.313. The lowest BCUT2D eigenvalue weighted by Crippen LogP contribution is -2.44. The van der Waals surface area contributed by atoms with E-state index in [0.717, 1.165) is 42.9 Å². The third kappa shape index (κ3) is 3.35. The van der Waals surface area contributed by atoms with Gasteiger partial charge in [-0.15, -0.1) is 0 Å². The molecular weight excluding hydrogens is 361 g/mol. The van der Waals surface area contributed by atoms with E-state index in [9.17, 15) is 0 Å². The fourth-order valence-electron chi connectivity index (χ4n) is 2.90. The molecule has 2 N–H and O–H groups in total. The first-order chi connectivity index (χ1) is 12.1. The lowest BCUT2D eigenvalue weighted by Gasteiger charge is -2.35. The fraction of sp³-hybridized carbons (Fsp3) is 0.312. The van der Waals surface area contributed by atoms with Gasteiger partial charge in [-0.05, 0) is 19.2 Å². The van der Waals surface area contributed by atoms with E-state index in [1.807, 2.05) is 12.1 Å². The van der Waals surface area contributed by atoms with Crippen LogP contribution in [0.5, 0.6) is 0 Å². The van der Waals surface area contributed by atoms with Gasteiger partial charge in [0.15, 0.2) is 5.65 Å². The van der Waals surface area contributed by atoms with Crippen molar-refractivity contribution in [1.82, 2.24) is 25.1 Å². The number of benzene rings is 1. The number of H-pyrrole nitrogens is 1. The Hall–Kier alpha value is -2.09. The van der Waals surface area contributed by atoms with Gasteiger partial charge in [-0.3, -0.25) is 5.10 Å². The molecule has 1 aliphatic rings. The molecular formula is C16H17Cl2N7.